The quantitative estimate of drug-likeness (QED) is 0.670. The molecule has 28 heavy (non-hydrogen) atoms. The largest absolute Gasteiger partial charge is 0.371 e. The van der Waals surface area contributed by atoms with Crippen LogP contribution in [-0.2, 0) is 9.59 Å². The van der Waals surface area contributed by atoms with Crippen molar-refractivity contribution in [2.24, 2.45) is 17.8 Å². The van der Waals surface area contributed by atoms with Gasteiger partial charge in [-0.05, 0) is 49.5 Å². The third-order valence-electron chi connectivity index (χ3n) is 7.23. The first-order valence-corrected chi connectivity index (χ1v) is 10.8. The van der Waals surface area contributed by atoms with Crippen molar-refractivity contribution in [2.75, 3.05) is 5.32 Å². The van der Waals surface area contributed by atoms with Gasteiger partial charge in [0.1, 0.15) is 12.1 Å². The zero-order valence-electron chi connectivity index (χ0n) is 16.4. The molecule has 1 aromatic carbocycles. The highest BCUT2D eigenvalue weighted by Gasteiger charge is 2.52. The van der Waals surface area contributed by atoms with Crippen LogP contribution >= 0.6 is 0 Å². The summed E-state index contributed by atoms with van der Waals surface area (Å²) in [5, 5.41) is 7.98. The number of aromatic nitrogens is 1. The minimum absolute atomic E-state index is 0.260. The van der Waals surface area contributed by atoms with Crippen molar-refractivity contribution in [2.45, 2.75) is 63.6 Å². The summed E-state index contributed by atoms with van der Waals surface area (Å²) in [4.78, 5) is 27.9. The second-order valence-corrected chi connectivity index (χ2v) is 9.07. The fourth-order valence-corrected chi connectivity index (χ4v) is 5.96. The molecule has 0 spiro atoms. The van der Waals surface area contributed by atoms with Crippen LogP contribution in [0.4, 0.5) is 5.69 Å². The van der Waals surface area contributed by atoms with Crippen molar-refractivity contribution in [1.29, 1.82) is 0 Å². The molecule has 0 radical (unpaired) electrons. The number of anilines is 1. The molecule has 5 nitrogen and oxygen atoms in total. The molecular formula is C23H29N3O2. The molecule has 6 atom stereocenters. The van der Waals surface area contributed by atoms with Gasteiger partial charge in [0.25, 0.3) is 0 Å². The van der Waals surface area contributed by atoms with Gasteiger partial charge in [0.2, 0.25) is 11.6 Å². The highest BCUT2D eigenvalue weighted by molar-refractivity contribution is 6.49. The van der Waals surface area contributed by atoms with E-state index in [9.17, 15) is 9.59 Å². The van der Waals surface area contributed by atoms with Crippen LogP contribution in [0.3, 0.4) is 0 Å². The lowest BCUT2D eigenvalue weighted by molar-refractivity contribution is -0.145. The van der Waals surface area contributed by atoms with Gasteiger partial charge in [0.15, 0.2) is 0 Å². The Labute approximate surface area is 165 Å². The third kappa shape index (κ3) is 2.96. The normalized spacial score (nSPS) is 34.6. The number of para-hydroxylation sites is 1. The van der Waals surface area contributed by atoms with Crippen LogP contribution in [0.2, 0.25) is 0 Å². The molecule has 3 saturated carbocycles. The van der Waals surface area contributed by atoms with Crippen LogP contribution in [0, 0.1) is 17.8 Å². The molecule has 1 heterocycles. The number of benzene rings is 1. The predicted molar refractivity (Wildman–Crippen MR) is 110 cm³/mol. The van der Waals surface area contributed by atoms with Gasteiger partial charge >= 0.3 is 0 Å². The Kier molecular flexibility index (Phi) is 4.50. The lowest BCUT2D eigenvalue weighted by Gasteiger charge is -2.38. The maximum atomic E-state index is 12.4. The lowest BCUT2D eigenvalue weighted by Crippen LogP contribution is -2.68. The van der Waals surface area contributed by atoms with Crippen LogP contribution in [0.5, 0.6) is 0 Å². The average Bonchev–Trinajstić information content (AvgIpc) is 3.24. The van der Waals surface area contributed by atoms with E-state index in [0.29, 0.717) is 12.0 Å². The van der Waals surface area contributed by atoms with Gasteiger partial charge in [-0.1, -0.05) is 38.0 Å². The number of H-pyrrole nitrogens is 1. The summed E-state index contributed by atoms with van der Waals surface area (Å²) >= 11 is 0. The van der Waals surface area contributed by atoms with Gasteiger partial charge in [-0.2, -0.15) is 0 Å². The Hall–Kier alpha value is -2.14. The maximum Gasteiger partial charge on any atom is 0.224 e. The molecule has 6 unspecified atom stereocenters. The van der Waals surface area contributed by atoms with Crippen LogP contribution < -0.4 is 10.6 Å². The number of Topliss-reactive ketones (excluding diaryl/α,β-unsaturated/α-hetero) is 2. The monoisotopic (exact) mass is 379 g/mol. The van der Waals surface area contributed by atoms with Crippen LogP contribution in [-0.4, -0.2) is 34.7 Å². The van der Waals surface area contributed by atoms with E-state index in [1.807, 2.05) is 30.5 Å². The van der Waals surface area contributed by atoms with Gasteiger partial charge in [0.05, 0.1) is 5.69 Å². The van der Waals surface area contributed by atoms with E-state index in [2.05, 4.69) is 22.5 Å². The van der Waals surface area contributed by atoms with Crippen molar-refractivity contribution in [3.05, 3.63) is 30.5 Å². The van der Waals surface area contributed by atoms with Crippen molar-refractivity contribution in [3.8, 4) is 0 Å². The molecule has 2 bridgehead atoms. The van der Waals surface area contributed by atoms with E-state index in [-0.39, 0.29) is 11.6 Å². The molecule has 3 N–H and O–H groups in total. The molecule has 0 aliphatic heterocycles. The first-order chi connectivity index (χ1) is 13.6. The number of carbonyl (C=O) groups is 2. The van der Waals surface area contributed by atoms with Gasteiger partial charge < -0.3 is 15.6 Å². The van der Waals surface area contributed by atoms with Crippen molar-refractivity contribution in [3.63, 3.8) is 0 Å². The van der Waals surface area contributed by atoms with Gasteiger partial charge in [0, 0.05) is 23.1 Å². The predicted octanol–water partition coefficient (Wildman–Crippen LogP) is 3.66. The van der Waals surface area contributed by atoms with Crippen LogP contribution in [0.1, 0.15) is 45.4 Å². The van der Waals surface area contributed by atoms with Crippen LogP contribution in [0.25, 0.3) is 10.9 Å². The lowest BCUT2D eigenvalue weighted by atomic mass is 9.78. The molecule has 5 rings (SSSR count). The second kappa shape index (κ2) is 7.03. The first-order valence-electron chi connectivity index (χ1n) is 10.8. The number of hydrogen-bond acceptors (Lipinski definition) is 4. The number of carbonyl (C=O) groups excluding carboxylic acids is 2. The maximum absolute atomic E-state index is 12.4. The van der Waals surface area contributed by atoms with Crippen molar-refractivity contribution >= 4 is 28.2 Å². The molecular weight excluding hydrogens is 350 g/mol. The van der Waals surface area contributed by atoms with E-state index < -0.39 is 12.1 Å². The standard InChI is InChI=1S/C23H29N3O2/c1-2-5-13-8-14-10-15(9-13)18(11-14)25-20-21(23(28)22(20)27)26-19-12-24-17-7-4-3-6-16(17)19/h3-4,6-7,12-15,18,20-21,24-26H,2,5,8-11H2,1H3. The van der Waals surface area contributed by atoms with Gasteiger partial charge in [-0.3, -0.25) is 9.59 Å². The first kappa shape index (κ1) is 17.9. The fraction of sp³-hybridized carbons (Fsp3) is 0.565. The Morgan fingerprint density at radius 2 is 1.86 bits per heavy atom. The topological polar surface area (TPSA) is 74.0 Å². The summed E-state index contributed by atoms with van der Waals surface area (Å²) < 4.78 is 0. The highest BCUT2D eigenvalue weighted by Crippen LogP contribution is 2.46. The summed E-state index contributed by atoms with van der Waals surface area (Å²) in [6.07, 6.45) is 9.53. The molecule has 2 aromatic rings. The molecule has 3 aliphatic rings. The van der Waals surface area contributed by atoms with E-state index >= 15 is 0 Å². The molecule has 148 valence electrons. The van der Waals surface area contributed by atoms with Crippen LogP contribution in [0.15, 0.2) is 30.5 Å². The molecule has 3 aliphatic carbocycles. The zero-order valence-corrected chi connectivity index (χ0v) is 16.4. The van der Waals surface area contributed by atoms with Gasteiger partial charge in [-0.15, -0.1) is 0 Å². The minimum Gasteiger partial charge on any atom is -0.371 e. The average molecular weight is 380 g/mol. The number of hydrogen-bond donors (Lipinski definition) is 3. The van der Waals surface area contributed by atoms with Crippen molar-refractivity contribution in [1.82, 2.24) is 10.3 Å². The van der Waals surface area contributed by atoms with Crippen molar-refractivity contribution < 1.29 is 9.59 Å². The summed E-state index contributed by atoms with van der Waals surface area (Å²) in [6.45, 7) is 2.27. The smallest absolute Gasteiger partial charge is 0.224 e. The molecule has 0 amide bonds. The Morgan fingerprint density at radius 3 is 2.71 bits per heavy atom. The number of fused-ring (bicyclic) bond motifs is 3. The molecule has 3 fully saturated rings. The summed E-state index contributed by atoms with van der Waals surface area (Å²) in [5.74, 6) is 1.74. The minimum atomic E-state index is -0.460. The number of nitrogens with one attached hydrogen (secondary N) is 3. The molecule has 0 saturated heterocycles. The highest BCUT2D eigenvalue weighted by atomic mass is 16.2. The SMILES string of the molecule is CCCC1CC2CC(C1)C(NC1C(=O)C(=O)C1Nc1c[nH]c3ccccc13)C2. The Morgan fingerprint density at radius 1 is 1.04 bits per heavy atom. The van der Waals surface area contributed by atoms with E-state index in [0.717, 1.165) is 34.8 Å². The summed E-state index contributed by atoms with van der Waals surface area (Å²) in [5.41, 5.74) is 1.92. The Bertz CT molecular complexity index is 904. The van der Waals surface area contributed by atoms with E-state index in [4.69, 9.17) is 0 Å². The summed E-state index contributed by atoms with van der Waals surface area (Å²) in [7, 11) is 0. The number of ketones is 2. The van der Waals surface area contributed by atoms with E-state index in [1.165, 1.54) is 32.1 Å². The molecule has 5 heteroatoms. The number of aromatic amines is 1. The third-order valence-corrected chi connectivity index (χ3v) is 7.23. The number of rotatable bonds is 6. The fourth-order valence-electron chi connectivity index (χ4n) is 5.96. The summed E-state index contributed by atoms with van der Waals surface area (Å²) in [6, 6.07) is 7.52. The zero-order chi connectivity index (χ0) is 19.3. The van der Waals surface area contributed by atoms with Gasteiger partial charge in [-0.25, -0.2) is 0 Å². The second-order valence-electron chi connectivity index (χ2n) is 9.07. The Balaban J connectivity index is 1.28. The van der Waals surface area contributed by atoms with E-state index in [1.54, 1.807) is 0 Å². The molecule has 1 aromatic heterocycles.